The van der Waals surface area contributed by atoms with Crippen LogP contribution in [-0.2, 0) is 0 Å². The van der Waals surface area contributed by atoms with Gasteiger partial charge in [0.1, 0.15) is 17.5 Å². The summed E-state index contributed by atoms with van der Waals surface area (Å²) in [5.41, 5.74) is 1.86. The van der Waals surface area contributed by atoms with Crippen molar-refractivity contribution >= 4 is 11.6 Å². The zero-order chi connectivity index (χ0) is 16.9. The Morgan fingerprint density at radius 3 is 2.80 bits per heavy atom. The van der Waals surface area contributed by atoms with Gasteiger partial charge in [0, 0.05) is 42.7 Å². The van der Waals surface area contributed by atoms with Crippen LogP contribution < -0.4 is 10.6 Å². The molecule has 3 aromatic heterocycles. The molecule has 0 bridgehead atoms. The maximum Gasteiger partial charge on any atom is 0.135 e. The Kier molecular flexibility index (Phi) is 4.61. The van der Waals surface area contributed by atoms with Crippen molar-refractivity contribution in [1.29, 1.82) is 0 Å². The highest BCUT2D eigenvalue weighted by atomic mass is 15.1. The third kappa shape index (κ3) is 3.80. The van der Waals surface area contributed by atoms with Crippen LogP contribution in [0.4, 0.5) is 11.6 Å². The highest BCUT2D eigenvalue weighted by Gasteiger charge is 2.19. The molecule has 6 heteroatoms. The van der Waals surface area contributed by atoms with Gasteiger partial charge in [0.2, 0.25) is 0 Å². The summed E-state index contributed by atoms with van der Waals surface area (Å²) in [7, 11) is 0. The Hall–Kier alpha value is -2.86. The molecule has 1 aliphatic heterocycles. The average Bonchev–Trinajstić information content (AvgIpc) is 2.70. The molecule has 0 spiro atoms. The number of piperidine rings is 1. The quantitative estimate of drug-likeness (QED) is 0.764. The van der Waals surface area contributed by atoms with Gasteiger partial charge in [-0.1, -0.05) is 6.07 Å². The van der Waals surface area contributed by atoms with Crippen molar-refractivity contribution < 1.29 is 0 Å². The molecule has 0 aromatic carbocycles. The number of anilines is 2. The Bertz CT molecular complexity index is 816. The van der Waals surface area contributed by atoms with Gasteiger partial charge in [-0.05, 0) is 43.7 Å². The first-order valence-electron chi connectivity index (χ1n) is 8.56. The van der Waals surface area contributed by atoms with E-state index in [1.165, 1.54) is 0 Å². The van der Waals surface area contributed by atoms with Crippen LogP contribution >= 0.6 is 0 Å². The summed E-state index contributed by atoms with van der Waals surface area (Å²) < 4.78 is 0. The first-order chi connectivity index (χ1) is 12.4. The molecule has 0 saturated carbocycles. The topological polar surface area (TPSA) is 75.6 Å². The number of rotatable bonds is 4. The third-order valence-electron chi connectivity index (χ3n) is 4.28. The molecule has 1 unspecified atom stereocenters. The lowest BCUT2D eigenvalue weighted by atomic mass is 9.98. The summed E-state index contributed by atoms with van der Waals surface area (Å²) in [5.74, 6) is 2.72. The lowest BCUT2D eigenvalue weighted by Gasteiger charge is -2.22. The molecular formula is C19H20N6. The molecule has 4 heterocycles. The molecule has 126 valence electrons. The van der Waals surface area contributed by atoms with Crippen LogP contribution in [0.3, 0.4) is 0 Å². The van der Waals surface area contributed by atoms with E-state index in [4.69, 9.17) is 9.97 Å². The maximum atomic E-state index is 4.82. The van der Waals surface area contributed by atoms with Gasteiger partial charge in [-0.3, -0.25) is 4.98 Å². The smallest absolute Gasteiger partial charge is 0.135 e. The molecule has 1 atom stereocenters. The van der Waals surface area contributed by atoms with Crippen LogP contribution in [0, 0.1) is 0 Å². The van der Waals surface area contributed by atoms with E-state index in [1.807, 2.05) is 42.6 Å². The average molecular weight is 332 g/mol. The first-order valence-corrected chi connectivity index (χ1v) is 8.56. The Morgan fingerprint density at radius 2 is 2.04 bits per heavy atom. The molecule has 6 nitrogen and oxygen atoms in total. The fourth-order valence-electron chi connectivity index (χ4n) is 3.01. The maximum absolute atomic E-state index is 4.82. The van der Waals surface area contributed by atoms with E-state index >= 15 is 0 Å². The van der Waals surface area contributed by atoms with E-state index in [2.05, 4.69) is 20.6 Å². The van der Waals surface area contributed by atoms with Crippen LogP contribution in [0.25, 0.3) is 11.3 Å². The molecule has 1 saturated heterocycles. The van der Waals surface area contributed by atoms with E-state index in [9.17, 15) is 0 Å². The summed E-state index contributed by atoms with van der Waals surface area (Å²) in [4.78, 5) is 18.1. The number of nitrogens with zero attached hydrogens (tertiary/aromatic N) is 4. The molecule has 1 fully saturated rings. The number of hydrogen-bond acceptors (Lipinski definition) is 6. The number of hydrogen-bond donors (Lipinski definition) is 2. The van der Waals surface area contributed by atoms with E-state index in [0.717, 1.165) is 54.6 Å². The fraction of sp³-hybridized carbons (Fsp3) is 0.263. The predicted molar refractivity (Wildman–Crippen MR) is 97.6 cm³/mol. The van der Waals surface area contributed by atoms with Crippen molar-refractivity contribution in [1.82, 2.24) is 25.3 Å². The van der Waals surface area contributed by atoms with Crippen LogP contribution in [0.1, 0.15) is 24.6 Å². The zero-order valence-corrected chi connectivity index (χ0v) is 13.9. The van der Waals surface area contributed by atoms with Crippen molar-refractivity contribution in [2.45, 2.75) is 18.8 Å². The summed E-state index contributed by atoms with van der Waals surface area (Å²) in [6.45, 7) is 1.98. The van der Waals surface area contributed by atoms with Gasteiger partial charge in [0.05, 0.1) is 5.69 Å². The van der Waals surface area contributed by atoms with Crippen LogP contribution in [-0.4, -0.2) is 33.0 Å². The molecule has 0 amide bonds. The van der Waals surface area contributed by atoms with Gasteiger partial charge in [0.25, 0.3) is 0 Å². The standard InChI is InChI=1S/C19H20N6/c1-2-10-22-17(7-1)24-18-11-16(14-5-3-8-20-12-14)23-19(25-18)15-6-4-9-21-13-15/h1-3,5,7-8,10-12,15,21H,4,6,9,13H2,(H,22,23,24,25). The van der Waals surface area contributed by atoms with Gasteiger partial charge in [0.15, 0.2) is 0 Å². The third-order valence-corrected chi connectivity index (χ3v) is 4.28. The summed E-state index contributed by atoms with van der Waals surface area (Å²) in [5, 5.41) is 6.73. The van der Waals surface area contributed by atoms with Crippen molar-refractivity contribution in [2.24, 2.45) is 0 Å². The van der Waals surface area contributed by atoms with Crippen molar-refractivity contribution in [3.63, 3.8) is 0 Å². The minimum absolute atomic E-state index is 0.328. The molecule has 1 aliphatic rings. The second kappa shape index (κ2) is 7.36. The summed E-state index contributed by atoms with van der Waals surface area (Å²) >= 11 is 0. The van der Waals surface area contributed by atoms with Gasteiger partial charge < -0.3 is 10.6 Å². The normalized spacial score (nSPS) is 17.2. The second-order valence-electron chi connectivity index (χ2n) is 6.12. The minimum Gasteiger partial charge on any atom is -0.325 e. The molecule has 0 aliphatic carbocycles. The number of aromatic nitrogens is 4. The summed E-state index contributed by atoms with van der Waals surface area (Å²) in [6.07, 6.45) is 7.61. The Balaban J connectivity index is 1.72. The first kappa shape index (κ1) is 15.7. The summed E-state index contributed by atoms with van der Waals surface area (Å²) in [6, 6.07) is 11.7. The molecule has 2 N–H and O–H groups in total. The largest absolute Gasteiger partial charge is 0.325 e. The predicted octanol–water partition coefficient (Wildman–Crippen LogP) is 3.14. The van der Waals surface area contributed by atoms with Gasteiger partial charge in [-0.25, -0.2) is 15.0 Å². The Morgan fingerprint density at radius 1 is 1.04 bits per heavy atom. The lowest BCUT2D eigenvalue weighted by molar-refractivity contribution is 0.447. The van der Waals surface area contributed by atoms with Crippen LogP contribution in [0.15, 0.2) is 55.0 Å². The van der Waals surface area contributed by atoms with Crippen molar-refractivity contribution in [3.8, 4) is 11.3 Å². The SMILES string of the molecule is c1ccc(Nc2cc(-c3cccnc3)nc(C3CCCNC3)n2)nc1. The lowest BCUT2D eigenvalue weighted by Crippen LogP contribution is -2.29. The molecule has 4 rings (SSSR count). The van der Waals surface area contributed by atoms with Crippen molar-refractivity contribution in [2.75, 3.05) is 18.4 Å². The highest BCUT2D eigenvalue weighted by Crippen LogP contribution is 2.26. The number of nitrogens with one attached hydrogen (secondary N) is 2. The molecule has 0 radical (unpaired) electrons. The zero-order valence-electron chi connectivity index (χ0n) is 13.9. The molecular weight excluding hydrogens is 312 g/mol. The highest BCUT2D eigenvalue weighted by molar-refractivity contribution is 5.64. The van der Waals surface area contributed by atoms with Crippen LogP contribution in [0.5, 0.6) is 0 Å². The minimum atomic E-state index is 0.328. The molecule has 3 aromatic rings. The fourth-order valence-corrected chi connectivity index (χ4v) is 3.01. The Labute approximate surface area is 146 Å². The van der Waals surface area contributed by atoms with E-state index < -0.39 is 0 Å². The molecule has 25 heavy (non-hydrogen) atoms. The van der Waals surface area contributed by atoms with Gasteiger partial charge in [-0.15, -0.1) is 0 Å². The van der Waals surface area contributed by atoms with Crippen molar-refractivity contribution in [3.05, 3.63) is 60.8 Å². The van der Waals surface area contributed by atoms with E-state index in [0.29, 0.717) is 5.92 Å². The van der Waals surface area contributed by atoms with E-state index in [1.54, 1.807) is 12.4 Å². The monoisotopic (exact) mass is 332 g/mol. The van der Waals surface area contributed by atoms with Gasteiger partial charge >= 0.3 is 0 Å². The second-order valence-corrected chi connectivity index (χ2v) is 6.12. The number of pyridine rings is 2. The van der Waals surface area contributed by atoms with Crippen LogP contribution in [0.2, 0.25) is 0 Å². The van der Waals surface area contributed by atoms with Gasteiger partial charge in [-0.2, -0.15) is 0 Å². The van der Waals surface area contributed by atoms with E-state index in [-0.39, 0.29) is 0 Å².